The summed E-state index contributed by atoms with van der Waals surface area (Å²) in [5.74, 6) is -0.00387. The van der Waals surface area contributed by atoms with Gasteiger partial charge in [-0.1, -0.05) is 101 Å². The number of hydrogen-bond acceptors (Lipinski definition) is 1. The second-order valence-corrected chi connectivity index (χ2v) is 9.25. The number of alkyl halides is 3. The van der Waals surface area contributed by atoms with Crippen LogP contribution in [-0.2, 0) is 4.79 Å². The first-order chi connectivity index (χ1) is 9.58. The lowest BCUT2D eigenvalue weighted by Crippen LogP contribution is -2.28. The van der Waals surface area contributed by atoms with Gasteiger partial charge in [-0.25, -0.2) is 0 Å². The Balaban J connectivity index is 3.48. The van der Waals surface area contributed by atoms with Crippen LogP contribution in [0.4, 0.5) is 0 Å². The predicted octanol–water partition coefficient (Wildman–Crippen LogP) is 7.30. The van der Waals surface area contributed by atoms with Gasteiger partial charge in [-0.3, -0.25) is 4.79 Å². The molecule has 21 heavy (non-hydrogen) atoms. The molecular formula is C16H28Cl4O. The van der Waals surface area contributed by atoms with E-state index in [-0.39, 0.29) is 16.6 Å². The van der Waals surface area contributed by atoms with Crippen LogP contribution in [0.1, 0.15) is 78.6 Å². The number of carbonyl (C=O) groups is 1. The lowest BCUT2D eigenvalue weighted by atomic mass is 9.88. The van der Waals surface area contributed by atoms with Crippen LogP contribution in [-0.4, -0.2) is 9.03 Å². The van der Waals surface area contributed by atoms with E-state index in [2.05, 4.69) is 0 Å². The first-order valence-corrected chi connectivity index (χ1v) is 9.35. The average molecular weight is 378 g/mol. The standard InChI is InChI=1S/C16H28Cl4O/c1-13(14(17)21)11-9-7-5-4-6-8-10-12-15(2,3)16(18,19)20/h13H,4-12H2,1-3H3. The molecule has 1 unspecified atom stereocenters. The zero-order chi connectivity index (χ0) is 16.5. The SMILES string of the molecule is CC(CCCCCCCCCC(C)(C)C(Cl)(Cl)Cl)C(=O)Cl. The van der Waals surface area contributed by atoms with Crippen molar-refractivity contribution < 1.29 is 4.79 Å². The summed E-state index contributed by atoms with van der Waals surface area (Å²) in [6.07, 6.45) is 10.0. The molecule has 0 spiro atoms. The van der Waals surface area contributed by atoms with Gasteiger partial charge in [0.25, 0.3) is 0 Å². The number of hydrogen-bond donors (Lipinski definition) is 0. The van der Waals surface area contributed by atoms with Gasteiger partial charge in [0.1, 0.15) is 0 Å². The third-order valence-electron chi connectivity index (χ3n) is 4.09. The summed E-state index contributed by atoms with van der Waals surface area (Å²) in [6.45, 7) is 5.89. The maximum atomic E-state index is 10.9. The third kappa shape index (κ3) is 10.3. The Bertz CT molecular complexity index is 297. The monoisotopic (exact) mass is 376 g/mol. The fourth-order valence-electron chi connectivity index (χ4n) is 2.16. The van der Waals surface area contributed by atoms with E-state index in [9.17, 15) is 4.79 Å². The summed E-state index contributed by atoms with van der Waals surface area (Å²) in [6, 6.07) is 0. The quantitative estimate of drug-likeness (QED) is 0.210. The Labute approximate surface area is 150 Å². The van der Waals surface area contributed by atoms with Crippen molar-refractivity contribution in [2.45, 2.75) is 82.4 Å². The summed E-state index contributed by atoms with van der Waals surface area (Å²) in [4.78, 5) is 10.9. The highest BCUT2D eigenvalue weighted by atomic mass is 35.6. The van der Waals surface area contributed by atoms with E-state index in [1.54, 1.807) is 0 Å². The molecule has 1 atom stereocenters. The number of carbonyl (C=O) groups excluding carboxylic acids is 1. The number of halogens is 4. The van der Waals surface area contributed by atoms with Gasteiger partial charge in [0.15, 0.2) is 3.79 Å². The number of unbranched alkanes of at least 4 members (excludes halogenated alkanes) is 6. The highest BCUT2D eigenvalue weighted by Gasteiger charge is 2.39. The van der Waals surface area contributed by atoms with Crippen molar-refractivity contribution >= 4 is 51.6 Å². The van der Waals surface area contributed by atoms with Crippen LogP contribution in [0.15, 0.2) is 0 Å². The molecule has 0 fully saturated rings. The predicted molar refractivity (Wildman–Crippen MR) is 95.6 cm³/mol. The molecule has 0 aliphatic carbocycles. The number of rotatable bonds is 11. The van der Waals surface area contributed by atoms with E-state index < -0.39 is 3.79 Å². The van der Waals surface area contributed by atoms with Crippen LogP contribution in [0.2, 0.25) is 0 Å². The molecule has 0 saturated carbocycles. The van der Waals surface area contributed by atoms with Gasteiger partial charge in [-0.15, -0.1) is 0 Å². The summed E-state index contributed by atoms with van der Waals surface area (Å²) >= 11 is 23.3. The summed E-state index contributed by atoms with van der Waals surface area (Å²) < 4.78 is -1.19. The molecule has 0 aromatic carbocycles. The van der Waals surface area contributed by atoms with Crippen LogP contribution >= 0.6 is 46.4 Å². The van der Waals surface area contributed by atoms with Crippen LogP contribution < -0.4 is 0 Å². The molecule has 0 saturated heterocycles. The minimum Gasteiger partial charge on any atom is -0.281 e. The van der Waals surface area contributed by atoms with Gasteiger partial charge < -0.3 is 0 Å². The van der Waals surface area contributed by atoms with Crippen molar-refractivity contribution in [1.29, 1.82) is 0 Å². The summed E-state index contributed by atoms with van der Waals surface area (Å²) in [5.41, 5.74) is -0.276. The smallest absolute Gasteiger partial charge is 0.224 e. The van der Waals surface area contributed by atoms with Crippen molar-refractivity contribution in [3.63, 3.8) is 0 Å². The largest absolute Gasteiger partial charge is 0.281 e. The molecule has 0 bridgehead atoms. The maximum absolute atomic E-state index is 10.9. The van der Waals surface area contributed by atoms with Crippen molar-refractivity contribution in [2.75, 3.05) is 0 Å². The Hall–Kier alpha value is 0.830. The van der Waals surface area contributed by atoms with Crippen molar-refractivity contribution in [2.24, 2.45) is 11.3 Å². The van der Waals surface area contributed by atoms with Crippen LogP contribution in [0.25, 0.3) is 0 Å². The highest BCUT2D eigenvalue weighted by molar-refractivity contribution is 6.68. The minimum atomic E-state index is -1.19. The Morgan fingerprint density at radius 2 is 1.33 bits per heavy atom. The van der Waals surface area contributed by atoms with E-state index in [0.717, 1.165) is 25.7 Å². The van der Waals surface area contributed by atoms with E-state index in [1.807, 2.05) is 20.8 Å². The lowest BCUT2D eigenvalue weighted by Gasteiger charge is -2.32. The molecule has 1 nitrogen and oxygen atoms in total. The van der Waals surface area contributed by atoms with Gasteiger partial charge >= 0.3 is 0 Å². The zero-order valence-corrected chi connectivity index (χ0v) is 16.4. The van der Waals surface area contributed by atoms with Gasteiger partial charge in [0.05, 0.1) is 0 Å². The molecule has 0 aliphatic heterocycles. The van der Waals surface area contributed by atoms with Gasteiger partial charge in [0, 0.05) is 11.3 Å². The zero-order valence-electron chi connectivity index (χ0n) is 13.4. The molecule has 126 valence electrons. The van der Waals surface area contributed by atoms with E-state index in [0.29, 0.717) is 0 Å². The van der Waals surface area contributed by atoms with Gasteiger partial charge in [0.2, 0.25) is 5.24 Å². The van der Waals surface area contributed by atoms with Crippen molar-refractivity contribution in [3.05, 3.63) is 0 Å². The van der Waals surface area contributed by atoms with Crippen LogP contribution in [0.5, 0.6) is 0 Å². The fraction of sp³-hybridized carbons (Fsp3) is 0.938. The second kappa shape index (κ2) is 10.6. The van der Waals surface area contributed by atoms with Crippen molar-refractivity contribution in [1.82, 2.24) is 0 Å². The molecule has 0 rings (SSSR count). The molecule has 0 radical (unpaired) electrons. The van der Waals surface area contributed by atoms with Crippen LogP contribution in [0.3, 0.4) is 0 Å². The first kappa shape index (κ1) is 21.8. The van der Waals surface area contributed by atoms with Crippen LogP contribution in [0, 0.1) is 11.3 Å². The normalized spacial score (nSPS) is 14.2. The molecular weight excluding hydrogens is 350 g/mol. The lowest BCUT2D eigenvalue weighted by molar-refractivity contribution is -0.114. The first-order valence-electron chi connectivity index (χ1n) is 7.84. The van der Waals surface area contributed by atoms with E-state index >= 15 is 0 Å². The summed E-state index contributed by atoms with van der Waals surface area (Å²) in [5, 5.41) is -0.216. The molecule has 0 heterocycles. The van der Waals surface area contributed by atoms with Gasteiger partial charge in [-0.2, -0.15) is 0 Å². The molecule has 0 amide bonds. The molecule has 0 aromatic rings. The van der Waals surface area contributed by atoms with Gasteiger partial charge in [-0.05, 0) is 24.4 Å². The molecule has 0 aromatic heterocycles. The maximum Gasteiger partial charge on any atom is 0.224 e. The fourth-order valence-corrected chi connectivity index (χ4v) is 2.55. The van der Waals surface area contributed by atoms with E-state index in [1.165, 1.54) is 32.1 Å². The Kier molecular flexibility index (Phi) is 11.0. The third-order valence-corrected chi connectivity index (χ3v) is 6.00. The molecule has 5 heteroatoms. The average Bonchev–Trinajstić information content (AvgIpc) is 2.34. The molecule has 0 aliphatic rings. The van der Waals surface area contributed by atoms with E-state index in [4.69, 9.17) is 46.4 Å². The topological polar surface area (TPSA) is 17.1 Å². The second-order valence-electron chi connectivity index (χ2n) is 6.60. The Morgan fingerprint density at radius 1 is 0.905 bits per heavy atom. The highest BCUT2D eigenvalue weighted by Crippen LogP contribution is 2.47. The summed E-state index contributed by atoms with van der Waals surface area (Å²) in [7, 11) is 0. The Morgan fingerprint density at radius 3 is 1.76 bits per heavy atom. The van der Waals surface area contributed by atoms with Crippen molar-refractivity contribution in [3.8, 4) is 0 Å². The molecule has 0 N–H and O–H groups in total. The minimum absolute atomic E-state index is 0.00387.